The summed E-state index contributed by atoms with van der Waals surface area (Å²) in [6.45, 7) is 0.683. The molecule has 108 valence electrons. The number of aromatic carboxylic acids is 1. The van der Waals surface area contributed by atoms with Crippen LogP contribution in [0.15, 0.2) is 34.9 Å². The van der Waals surface area contributed by atoms with E-state index in [1.54, 1.807) is 16.8 Å². The molecule has 2 heterocycles. The quantitative estimate of drug-likeness (QED) is 0.932. The molecule has 0 radical (unpaired) electrons. The second-order valence-corrected chi connectivity index (χ2v) is 4.84. The number of hydrogen-bond acceptors (Lipinski definition) is 4. The number of carbonyl (C=O) groups excluding carboxylic acids is 1. The van der Waals surface area contributed by atoms with E-state index in [4.69, 9.17) is 9.63 Å². The van der Waals surface area contributed by atoms with Crippen molar-refractivity contribution in [1.29, 1.82) is 0 Å². The van der Waals surface area contributed by atoms with Crippen LogP contribution >= 0.6 is 0 Å². The first-order chi connectivity index (χ1) is 10.1. The second kappa shape index (κ2) is 4.93. The molecular weight excluding hydrogens is 274 g/mol. The van der Waals surface area contributed by atoms with Crippen molar-refractivity contribution in [2.24, 2.45) is 0 Å². The van der Waals surface area contributed by atoms with Crippen molar-refractivity contribution in [3.8, 4) is 0 Å². The number of carboxylic acids is 1. The average Bonchev–Trinajstić information content (AvgIpc) is 2.93. The van der Waals surface area contributed by atoms with Gasteiger partial charge in [0, 0.05) is 19.7 Å². The number of anilines is 1. The topological polar surface area (TPSA) is 86.9 Å². The van der Waals surface area contributed by atoms with Crippen LogP contribution in [0.4, 0.5) is 10.5 Å². The number of aromatic nitrogens is 1. The Labute approximate surface area is 120 Å². The molecule has 0 spiro atoms. The molecule has 1 aromatic carbocycles. The molecule has 0 atom stereocenters. The summed E-state index contributed by atoms with van der Waals surface area (Å²) in [6, 6.07) is 8.74. The van der Waals surface area contributed by atoms with E-state index in [-0.39, 0.29) is 18.3 Å². The van der Waals surface area contributed by atoms with E-state index in [1.165, 1.54) is 6.07 Å². The number of urea groups is 1. The van der Waals surface area contributed by atoms with E-state index in [0.717, 1.165) is 11.3 Å². The molecule has 7 nitrogen and oxygen atoms in total. The van der Waals surface area contributed by atoms with E-state index >= 15 is 0 Å². The van der Waals surface area contributed by atoms with Gasteiger partial charge in [0.05, 0.1) is 12.2 Å². The Kier molecular flexibility index (Phi) is 3.09. The number of rotatable bonds is 3. The lowest BCUT2D eigenvalue weighted by Crippen LogP contribution is -2.44. The van der Waals surface area contributed by atoms with Gasteiger partial charge in [-0.05, 0) is 11.6 Å². The lowest BCUT2D eigenvalue weighted by Gasteiger charge is -2.34. The first kappa shape index (κ1) is 13.2. The predicted octanol–water partition coefficient (Wildman–Crippen LogP) is 1.94. The molecule has 0 bridgehead atoms. The van der Waals surface area contributed by atoms with Gasteiger partial charge in [0.25, 0.3) is 0 Å². The second-order valence-electron chi connectivity index (χ2n) is 4.84. The third kappa shape index (κ3) is 2.33. The Morgan fingerprint density at radius 2 is 2.19 bits per heavy atom. The SMILES string of the molecule is CN1Cc2ccccc2N(Cc2cc(C(=O)O)no2)C1=O. The van der Waals surface area contributed by atoms with Gasteiger partial charge in [-0.15, -0.1) is 0 Å². The minimum atomic E-state index is -1.16. The van der Waals surface area contributed by atoms with Crippen LogP contribution in [-0.4, -0.2) is 34.2 Å². The maximum atomic E-state index is 12.3. The highest BCUT2D eigenvalue weighted by molar-refractivity contribution is 5.94. The number of nitrogens with zero attached hydrogens (tertiary/aromatic N) is 3. The first-order valence-corrected chi connectivity index (χ1v) is 6.35. The Hall–Kier alpha value is -2.83. The number of amides is 2. The van der Waals surface area contributed by atoms with Gasteiger partial charge in [-0.1, -0.05) is 23.4 Å². The lowest BCUT2D eigenvalue weighted by molar-refractivity contribution is 0.0685. The average molecular weight is 287 g/mol. The van der Waals surface area contributed by atoms with E-state index in [2.05, 4.69) is 5.16 Å². The highest BCUT2D eigenvalue weighted by Gasteiger charge is 2.29. The summed E-state index contributed by atoms with van der Waals surface area (Å²) in [5, 5.41) is 12.3. The number of carboxylic acid groups (broad SMARTS) is 1. The molecule has 3 rings (SSSR count). The van der Waals surface area contributed by atoms with Crippen LogP contribution in [0.3, 0.4) is 0 Å². The van der Waals surface area contributed by atoms with Gasteiger partial charge in [0.15, 0.2) is 11.5 Å². The van der Waals surface area contributed by atoms with Gasteiger partial charge in [0.1, 0.15) is 0 Å². The summed E-state index contributed by atoms with van der Waals surface area (Å²) in [4.78, 5) is 26.3. The zero-order valence-corrected chi connectivity index (χ0v) is 11.3. The van der Waals surface area contributed by atoms with Gasteiger partial charge in [0.2, 0.25) is 0 Å². The summed E-state index contributed by atoms with van der Waals surface area (Å²) in [5.41, 5.74) is 1.66. The van der Waals surface area contributed by atoms with E-state index in [0.29, 0.717) is 12.3 Å². The monoisotopic (exact) mass is 287 g/mol. The maximum absolute atomic E-state index is 12.3. The largest absolute Gasteiger partial charge is 0.476 e. The van der Waals surface area contributed by atoms with Crippen LogP contribution < -0.4 is 4.90 Å². The van der Waals surface area contributed by atoms with Crippen molar-refractivity contribution in [1.82, 2.24) is 10.1 Å². The molecule has 1 N–H and O–H groups in total. The zero-order valence-electron chi connectivity index (χ0n) is 11.3. The molecule has 7 heteroatoms. The minimum absolute atomic E-state index is 0.139. The van der Waals surface area contributed by atoms with Crippen LogP contribution in [0, 0.1) is 0 Å². The fraction of sp³-hybridized carbons (Fsp3) is 0.214. The summed E-state index contributed by atoms with van der Waals surface area (Å²) >= 11 is 0. The first-order valence-electron chi connectivity index (χ1n) is 6.35. The third-order valence-electron chi connectivity index (χ3n) is 3.34. The predicted molar refractivity (Wildman–Crippen MR) is 73.0 cm³/mol. The molecule has 1 aromatic heterocycles. The molecule has 0 saturated carbocycles. The number of carbonyl (C=O) groups is 2. The van der Waals surface area contributed by atoms with Crippen LogP contribution in [0.1, 0.15) is 21.8 Å². The van der Waals surface area contributed by atoms with Gasteiger partial charge in [-0.25, -0.2) is 9.59 Å². The number of hydrogen-bond donors (Lipinski definition) is 1. The summed E-state index contributed by atoms with van der Waals surface area (Å²) < 4.78 is 4.98. The summed E-state index contributed by atoms with van der Waals surface area (Å²) in [7, 11) is 1.72. The molecule has 0 fully saturated rings. The Balaban J connectivity index is 1.92. The van der Waals surface area contributed by atoms with Crippen molar-refractivity contribution in [2.45, 2.75) is 13.1 Å². The summed E-state index contributed by atoms with van der Waals surface area (Å²) in [6.07, 6.45) is 0. The fourth-order valence-electron chi connectivity index (χ4n) is 2.34. The smallest absolute Gasteiger partial charge is 0.358 e. The van der Waals surface area contributed by atoms with E-state index in [1.807, 2.05) is 24.3 Å². The zero-order chi connectivity index (χ0) is 15.0. The van der Waals surface area contributed by atoms with Crippen LogP contribution in [0.2, 0.25) is 0 Å². The summed E-state index contributed by atoms with van der Waals surface area (Å²) in [5.74, 6) is -0.835. The Morgan fingerprint density at radius 1 is 1.43 bits per heavy atom. The van der Waals surface area contributed by atoms with Crippen molar-refractivity contribution in [3.63, 3.8) is 0 Å². The van der Waals surface area contributed by atoms with Crippen molar-refractivity contribution in [3.05, 3.63) is 47.3 Å². The number of fused-ring (bicyclic) bond motifs is 1. The van der Waals surface area contributed by atoms with Crippen LogP contribution in [0.25, 0.3) is 0 Å². The van der Waals surface area contributed by atoms with Crippen molar-refractivity contribution < 1.29 is 19.2 Å². The van der Waals surface area contributed by atoms with Gasteiger partial charge in [-0.2, -0.15) is 0 Å². The molecule has 2 aromatic rings. The standard InChI is InChI=1S/C14H13N3O4/c1-16-7-9-4-2-3-5-12(9)17(14(16)20)8-10-6-11(13(18)19)15-21-10/h2-6H,7-8H2,1H3,(H,18,19). The third-order valence-corrected chi connectivity index (χ3v) is 3.34. The molecule has 21 heavy (non-hydrogen) atoms. The van der Waals surface area contributed by atoms with Crippen molar-refractivity contribution in [2.75, 3.05) is 11.9 Å². The molecule has 1 aliphatic heterocycles. The minimum Gasteiger partial charge on any atom is -0.476 e. The number of benzene rings is 1. The molecule has 0 aliphatic carbocycles. The van der Waals surface area contributed by atoms with Gasteiger partial charge >= 0.3 is 12.0 Å². The normalized spacial score (nSPS) is 14.2. The Bertz CT molecular complexity index is 710. The maximum Gasteiger partial charge on any atom is 0.358 e. The molecular formula is C14H13N3O4. The number of para-hydroxylation sites is 1. The molecule has 0 unspecified atom stereocenters. The highest BCUT2D eigenvalue weighted by Crippen LogP contribution is 2.29. The fourth-order valence-corrected chi connectivity index (χ4v) is 2.34. The van der Waals surface area contributed by atoms with Crippen LogP contribution in [0.5, 0.6) is 0 Å². The van der Waals surface area contributed by atoms with Gasteiger partial charge in [-0.3, -0.25) is 4.90 Å². The Morgan fingerprint density at radius 3 is 2.90 bits per heavy atom. The molecule has 0 saturated heterocycles. The molecule has 1 aliphatic rings. The van der Waals surface area contributed by atoms with Crippen molar-refractivity contribution >= 4 is 17.7 Å². The van der Waals surface area contributed by atoms with Crippen LogP contribution in [-0.2, 0) is 13.1 Å². The lowest BCUT2D eigenvalue weighted by atomic mass is 10.1. The molecule has 2 amide bonds. The van der Waals surface area contributed by atoms with Gasteiger partial charge < -0.3 is 14.5 Å². The van der Waals surface area contributed by atoms with E-state index in [9.17, 15) is 9.59 Å². The highest BCUT2D eigenvalue weighted by atomic mass is 16.5. The van der Waals surface area contributed by atoms with E-state index < -0.39 is 5.97 Å².